The second kappa shape index (κ2) is 7.66. The first-order valence-electron chi connectivity index (χ1n) is 10.4. The summed E-state index contributed by atoms with van der Waals surface area (Å²) in [5.41, 5.74) is 11.3. The van der Waals surface area contributed by atoms with Gasteiger partial charge in [0, 0.05) is 10.4 Å². The Labute approximate surface area is 181 Å². The van der Waals surface area contributed by atoms with E-state index in [4.69, 9.17) is 32.8 Å². The van der Waals surface area contributed by atoms with Crippen LogP contribution in [-0.2, 0) is 0 Å². The molecule has 3 atom stereocenters. The molecule has 1 aromatic rings. The normalized spacial score (nSPS) is 35.0. The average Bonchev–Trinajstić information content (AvgIpc) is 2.71. The molecule has 0 aliphatic heterocycles. The van der Waals surface area contributed by atoms with Crippen molar-refractivity contribution in [3.8, 4) is 11.8 Å². The maximum absolute atomic E-state index is 9.39. The molecule has 4 fully saturated rings. The van der Waals surface area contributed by atoms with Crippen molar-refractivity contribution in [1.29, 1.82) is 5.26 Å². The molecular formula is C22H28ClN5O2. The minimum absolute atomic E-state index is 0.0769. The highest BCUT2D eigenvalue weighted by Gasteiger charge is 2.57. The molecule has 7 nitrogen and oxygen atoms in total. The van der Waals surface area contributed by atoms with E-state index in [0.717, 1.165) is 32.1 Å². The summed E-state index contributed by atoms with van der Waals surface area (Å²) >= 11 is 5.96. The molecule has 0 radical (unpaired) electrons. The number of nitrogens with two attached hydrogens (primary N) is 2. The summed E-state index contributed by atoms with van der Waals surface area (Å²) < 4.78 is 6.12. The Hall–Kier alpha value is -2.46. The van der Waals surface area contributed by atoms with Gasteiger partial charge in [0.2, 0.25) is 0 Å². The van der Waals surface area contributed by atoms with Crippen LogP contribution in [0.15, 0.2) is 34.4 Å². The average molecular weight is 430 g/mol. The van der Waals surface area contributed by atoms with Crippen LogP contribution in [0.2, 0.25) is 5.02 Å². The van der Waals surface area contributed by atoms with Gasteiger partial charge in [-0.15, -0.1) is 0 Å². The van der Waals surface area contributed by atoms with Crippen LogP contribution in [0.1, 0.15) is 45.4 Å². The fraction of sp³-hybridized carbons (Fsp3) is 0.591. The van der Waals surface area contributed by atoms with Crippen LogP contribution in [0.3, 0.4) is 0 Å². The summed E-state index contributed by atoms with van der Waals surface area (Å²) in [5.74, 6) is 2.57. The smallest absolute Gasteiger partial charge is 0.175 e. The van der Waals surface area contributed by atoms with Crippen LogP contribution >= 0.6 is 11.6 Å². The Balaban J connectivity index is 1.59. The van der Waals surface area contributed by atoms with Crippen molar-refractivity contribution in [3.63, 3.8) is 0 Å². The number of nitriles is 1. The van der Waals surface area contributed by atoms with Gasteiger partial charge in [0.05, 0.1) is 18.5 Å². The Morgan fingerprint density at radius 2 is 1.90 bits per heavy atom. The van der Waals surface area contributed by atoms with Crippen LogP contribution < -0.4 is 16.2 Å². The van der Waals surface area contributed by atoms with Gasteiger partial charge in [0.1, 0.15) is 17.4 Å². The molecule has 160 valence electrons. The molecular weight excluding hydrogens is 402 g/mol. The Morgan fingerprint density at radius 3 is 2.47 bits per heavy atom. The van der Waals surface area contributed by atoms with Gasteiger partial charge in [-0.05, 0) is 81.0 Å². The maximum atomic E-state index is 9.39. The van der Waals surface area contributed by atoms with Crippen molar-refractivity contribution >= 4 is 23.3 Å². The molecule has 30 heavy (non-hydrogen) atoms. The molecule has 0 aromatic heterocycles. The van der Waals surface area contributed by atoms with Crippen LogP contribution in [0.25, 0.3) is 0 Å². The molecule has 0 spiro atoms. The molecule has 5 N–H and O–H groups in total. The van der Waals surface area contributed by atoms with E-state index in [9.17, 15) is 10.5 Å². The molecule has 0 saturated heterocycles. The Bertz CT molecular complexity index is 893. The number of rotatable bonds is 6. The largest absolute Gasteiger partial charge is 0.479 e. The first-order chi connectivity index (χ1) is 14.3. The molecule has 4 aliphatic carbocycles. The van der Waals surface area contributed by atoms with Crippen LogP contribution in [-0.4, -0.2) is 28.5 Å². The van der Waals surface area contributed by atoms with Gasteiger partial charge < -0.3 is 21.4 Å². The molecule has 0 amide bonds. The van der Waals surface area contributed by atoms with E-state index in [1.807, 2.05) is 0 Å². The summed E-state index contributed by atoms with van der Waals surface area (Å²) in [6, 6.07) is 9.25. The number of hydrogen-bond donors (Lipinski definition) is 3. The monoisotopic (exact) mass is 429 g/mol. The summed E-state index contributed by atoms with van der Waals surface area (Å²) in [5, 5.41) is 22.6. The third-order valence-corrected chi connectivity index (χ3v) is 7.53. The van der Waals surface area contributed by atoms with Crippen LogP contribution in [0.4, 0.5) is 0 Å². The van der Waals surface area contributed by atoms with E-state index < -0.39 is 5.60 Å². The van der Waals surface area contributed by atoms with E-state index in [-0.39, 0.29) is 17.9 Å². The number of oxime groups is 1. The van der Waals surface area contributed by atoms with Gasteiger partial charge in [-0.2, -0.15) is 5.26 Å². The molecule has 4 aliphatic rings. The molecule has 4 saturated carbocycles. The lowest BCUT2D eigenvalue weighted by Gasteiger charge is -2.58. The molecule has 3 unspecified atom stereocenters. The van der Waals surface area contributed by atoms with Gasteiger partial charge in [-0.3, -0.25) is 4.99 Å². The standard InChI is InChI=1S/C22H28ClN5O2/c1-21(6-7-24,30-17-4-2-16(23)3-5-17)19(25)27-18-14-8-13-9-15(18)12-22(10-13,11-14)20(26)28-29/h2-5,13-15,18,29H,6,8-12H2,1H3,(H2,25,27)(H2,26,28). The van der Waals surface area contributed by atoms with Crippen LogP contribution in [0, 0.1) is 34.5 Å². The molecule has 5 rings (SSSR count). The number of ether oxygens (including phenoxy) is 1. The zero-order valence-electron chi connectivity index (χ0n) is 17.1. The van der Waals surface area contributed by atoms with E-state index in [1.54, 1.807) is 31.2 Å². The van der Waals surface area contributed by atoms with Gasteiger partial charge in [-0.25, -0.2) is 0 Å². The summed E-state index contributed by atoms with van der Waals surface area (Å²) in [4.78, 5) is 4.95. The lowest BCUT2D eigenvalue weighted by atomic mass is 9.47. The second-order valence-corrected chi connectivity index (χ2v) is 9.80. The van der Waals surface area contributed by atoms with Crippen molar-refractivity contribution in [2.75, 3.05) is 0 Å². The van der Waals surface area contributed by atoms with Gasteiger partial charge in [0.15, 0.2) is 5.60 Å². The minimum Gasteiger partial charge on any atom is -0.479 e. The Morgan fingerprint density at radius 1 is 1.27 bits per heavy atom. The van der Waals surface area contributed by atoms with Crippen molar-refractivity contribution in [3.05, 3.63) is 29.3 Å². The van der Waals surface area contributed by atoms with Crippen molar-refractivity contribution in [2.45, 2.75) is 57.1 Å². The SMILES string of the molecule is CC(CC#N)(Oc1ccc(Cl)cc1)C(N)=NC1C2CC3CC1CC(C(N)=NO)(C3)C2. The number of halogens is 1. The van der Waals surface area contributed by atoms with Gasteiger partial charge in [-0.1, -0.05) is 16.8 Å². The fourth-order valence-corrected chi connectivity index (χ4v) is 6.14. The lowest BCUT2D eigenvalue weighted by Crippen LogP contribution is -2.58. The maximum Gasteiger partial charge on any atom is 0.175 e. The first-order valence-corrected chi connectivity index (χ1v) is 10.8. The highest BCUT2D eigenvalue weighted by Crippen LogP contribution is 2.61. The highest BCUT2D eigenvalue weighted by atomic mass is 35.5. The number of benzene rings is 1. The quantitative estimate of drug-likeness (QED) is 0.275. The summed E-state index contributed by atoms with van der Waals surface area (Å²) in [6.07, 6.45) is 4.99. The molecule has 1 aromatic carbocycles. The van der Waals surface area contributed by atoms with Gasteiger partial charge in [0.25, 0.3) is 0 Å². The first kappa shape index (κ1) is 20.8. The van der Waals surface area contributed by atoms with Gasteiger partial charge >= 0.3 is 0 Å². The zero-order chi connectivity index (χ0) is 21.5. The summed E-state index contributed by atoms with van der Waals surface area (Å²) in [6.45, 7) is 1.80. The predicted octanol–water partition coefficient (Wildman–Crippen LogP) is 3.69. The summed E-state index contributed by atoms with van der Waals surface area (Å²) in [7, 11) is 0. The lowest BCUT2D eigenvalue weighted by molar-refractivity contribution is -0.0308. The molecule has 0 heterocycles. The van der Waals surface area contributed by atoms with Crippen molar-refractivity contribution in [1.82, 2.24) is 0 Å². The number of hydrogen-bond acceptors (Lipinski definition) is 5. The third-order valence-electron chi connectivity index (χ3n) is 7.28. The van der Waals surface area contributed by atoms with Crippen molar-refractivity contribution in [2.24, 2.45) is 44.8 Å². The van der Waals surface area contributed by atoms with E-state index in [1.165, 1.54) is 0 Å². The fourth-order valence-electron chi connectivity index (χ4n) is 6.02. The van der Waals surface area contributed by atoms with Crippen molar-refractivity contribution < 1.29 is 9.94 Å². The van der Waals surface area contributed by atoms with E-state index in [2.05, 4.69) is 11.2 Å². The Kier molecular flexibility index (Phi) is 5.31. The second-order valence-electron chi connectivity index (χ2n) is 9.36. The van der Waals surface area contributed by atoms with Crippen LogP contribution in [0.5, 0.6) is 5.75 Å². The topological polar surface area (TPSA) is 130 Å². The third kappa shape index (κ3) is 3.58. The van der Waals surface area contributed by atoms with E-state index >= 15 is 0 Å². The number of aliphatic imine (C=N–C) groups is 1. The number of nitrogens with zero attached hydrogens (tertiary/aromatic N) is 3. The zero-order valence-corrected chi connectivity index (χ0v) is 17.8. The predicted molar refractivity (Wildman–Crippen MR) is 116 cm³/mol. The molecule has 8 heteroatoms. The minimum atomic E-state index is -1.03. The van der Waals surface area contributed by atoms with E-state index in [0.29, 0.717) is 40.2 Å². The number of amidine groups is 2. The highest BCUT2D eigenvalue weighted by molar-refractivity contribution is 6.30. The molecule has 4 bridgehead atoms.